The summed E-state index contributed by atoms with van der Waals surface area (Å²) in [5.74, 6) is 0.868. The normalized spacial score (nSPS) is 11.6. The van der Waals surface area contributed by atoms with Crippen LogP contribution in [0.4, 0.5) is 5.69 Å². The molecule has 0 saturated heterocycles. The highest BCUT2D eigenvalue weighted by molar-refractivity contribution is 7.99. The van der Waals surface area contributed by atoms with Gasteiger partial charge in [-0.15, -0.1) is 10.2 Å². The fourth-order valence-corrected chi connectivity index (χ4v) is 4.90. The molecule has 0 aliphatic rings. The molecule has 0 bridgehead atoms. The van der Waals surface area contributed by atoms with E-state index in [2.05, 4.69) is 29.4 Å². The average Bonchev–Trinajstić information content (AvgIpc) is 3.18. The third-order valence-corrected chi connectivity index (χ3v) is 6.66. The zero-order valence-electron chi connectivity index (χ0n) is 19.1. The summed E-state index contributed by atoms with van der Waals surface area (Å²) in [4.78, 5) is 25.8. The number of anilines is 1. The van der Waals surface area contributed by atoms with E-state index in [4.69, 9.17) is 11.6 Å². The molecular formula is C24H26ClN5O2S. The highest BCUT2D eigenvalue weighted by Crippen LogP contribution is 2.28. The van der Waals surface area contributed by atoms with Crippen molar-refractivity contribution in [1.29, 1.82) is 0 Å². The number of fused-ring (bicyclic) bond motifs is 3. The second-order valence-corrected chi connectivity index (χ2v) is 9.90. The molecule has 0 aliphatic heterocycles. The third-order valence-electron chi connectivity index (χ3n) is 5.44. The predicted octanol–water partition coefficient (Wildman–Crippen LogP) is 5.09. The highest BCUT2D eigenvalue weighted by atomic mass is 35.5. The molecule has 1 N–H and O–H groups in total. The Hall–Kier alpha value is -2.84. The molecule has 7 nitrogen and oxygen atoms in total. The molecule has 4 aromatic rings. The fourth-order valence-electron chi connectivity index (χ4n) is 3.80. The molecular weight excluding hydrogens is 458 g/mol. The van der Waals surface area contributed by atoms with Crippen molar-refractivity contribution < 1.29 is 4.79 Å². The molecule has 0 aliphatic carbocycles. The number of para-hydroxylation sites is 1. The Labute approximate surface area is 201 Å². The Morgan fingerprint density at radius 2 is 1.94 bits per heavy atom. The first-order valence-corrected chi connectivity index (χ1v) is 12.2. The zero-order valence-corrected chi connectivity index (χ0v) is 20.6. The maximum Gasteiger partial charge on any atom is 0.262 e. The molecule has 172 valence electrons. The van der Waals surface area contributed by atoms with Crippen LogP contribution < -0.4 is 10.9 Å². The van der Waals surface area contributed by atoms with Gasteiger partial charge >= 0.3 is 0 Å². The largest absolute Gasteiger partial charge is 0.324 e. The molecule has 0 radical (unpaired) electrons. The first-order chi connectivity index (χ1) is 15.8. The van der Waals surface area contributed by atoms with E-state index in [0.29, 0.717) is 39.5 Å². The SMILES string of the molecule is Cc1cc(C)c(NC(=O)CSc2nnc3n(CCC(C)C)c(=O)c4ccccc4n23)c(Cl)c1. The van der Waals surface area contributed by atoms with Crippen LogP contribution in [-0.4, -0.2) is 30.8 Å². The monoisotopic (exact) mass is 483 g/mol. The van der Waals surface area contributed by atoms with Crippen molar-refractivity contribution in [2.45, 2.75) is 45.8 Å². The lowest BCUT2D eigenvalue weighted by molar-refractivity contribution is -0.113. The number of hydrogen-bond acceptors (Lipinski definition) is 5. The van der Waals surface area contributed by atoms with E-state index in [0.717, 1.165) is 23.1 Å². The van der Waals surface area contributed by atoms with Crippen LogP contribution in [0.15, 0.2) is 46.3 Å². The number of nitrogens with one attached hydrogen (secondary N) is 1. The second-order valence-electron chi connectivity index (χ2n) is 8.55. The van der Waals surface area contributed by atoms with E-state index in [9.17, 15) is 9.59 Å². The van der Waals surface area contributed by atoms with Gasteiger partial charge < -0.3 is 5.32 Å². The fraction of sp³-hybridized carbons (Fsp3) is 0.333. The van der Waals surface area contributed by atoms with Gasteiger partial charge in [-0.2, -0.15) is 0 Å². The van der Waals surface area contributed by atoms with Crippen LogP contribution in [0, 0.1) is 19.8 Å². The van der Waals surface area contributed by atoms with Crippen LogP contribution >= 0.6 is 23.4 Å². The lowest BCUT2D eigenvalue weighted by atomic mass is 10.1. The number of nitrogens with zero attached hydrogens (tertiary/aromatic N) is 4. The van der Waals surface area contributed by atoms with E-state index in [1.807, 2.05) is 54.6 Å². The number of carbonyl (C=O) groups excluding carboxylic acids is 1. The Balaban J connectivity index is 1.65. The molecule has 1 amide bonds. The van der Waals surface area contributed by atoms with E-state index in [1.165, 1.54) is 11.8 Å². The summed E-state index contributed by atoms with van der Waals surface area (Å²) in [5, 5.41) is 13.2. The minimum Gasteiger partial charge on any atom is -0.324 e. The topological polar surface area (TPSA) is 81.3 Å². The highest BCUT2D eigenvalue weighted by Gasteiger charge is 2.18. The van der Waals surface area contributed by atoms with Crippen LogP contribution in [0.25, 0.3) is 16.7 Å². The zero-order chi connectivity index (χ0) is 23.7. The van der Waals surface area contributed by atoms with Gasteiger partial charge in [0.05, 0.1) is 27.4 Å². The van der Waals surface area contributed by atoms with Gasteiger partial charge in [-0.3, -0.25) is 18.6 Å². The molecule has 2 aromatic carbocycles. The molecule has 2 aromatic heterocycles. The quantitative estimate of drug-likeness (QED) is 0.370. The smallest absolute Gasteiger partial charge is 0.262 e. The first-order valence-electron chi connectivity index (χ1n) is 10.8. The van der Waals surface area contributed by atoms with Gasteiger partial charge in [-0.25, -0.2) is 0 Å². The van der Waals surface area contributed by atoms with Crippen molar-refractivity contribution in [3.63, 3.8) is 0 Å². The van der Waals surface area contributed by atoms with E-state index >= 15 is 0 Å². The average molecular weight is 484 g/mol. The summed E-state index contributed by atoms with van der Waals surface area (Å²) in [5.41, 5.74) is 3.21. The van der Waals surface area contributed by atoms with Crippen LogP contribution in [-0.2, 0) is 11.3 Å². The number of rotatable bonds is 7. The Morgan fingerprint density at radius 3 is 2.67 bits per heavy atom. The van der Waals surface area contributed by atoms with Gasteiger partial charge in [0.1, 0.15) is 0 Å². The van der Waals surface area contributed by atoms with Crippen molar-refractivity contribution in [2.24, 2.45) is 5.92 Å². The van der Waals surface area contributed by atoms with Crippen molar-refractivity contribution in [3.8, 4) is 0 Å². The minimum absolute atomic E-state index is 0.0788. The number of benzene rings is 2. The number of aryl methyl sites for hydroxylation is 3. The van der Waals surface area contributed by atoms with E-state index in [1.54, 1.807) is 4.57 Å². The third kappa shape index (κ3) is 4.77. The van der Waals surface area contributed by atoms with Gasteiger partial charge in [0.2, 0.25) is 11.7 Å². The number of hydrogen-bond donors (Lipinski definition) is 1. The lowest BCUT2D eigenvalue weighted by Crippen LogP contribution is -2.24. The standard InChI is InChI=1S/C24H26ClN5O2S/c1-14(2)9-10-29-22(32)17-7-5-6-8-19(17)30-23(29)27-28-24(30)33-13-20(31)26-21-16(4)11-15(3)12-18(21)25/h5-8,11-12,14H,9-10,13H2,1-4H3,(H,26,31). The maximum atomic E-state index is 13.1. The first kappa shape index (κ1) is 23.3. The summed E-state index contributed by atoms with van der Waals surface area (Å²) in [6.07, 6.45) is 0.850. The summed E-state index contributed by atoms with van der Waals surface area (Å²) in [6.45, 7) is 8.67. The van der Waals surface area contributed by atoms with Crippen molar-refractivity contribution >= 4 is 51.6 Å². The number of amides is 1. The Morgan fingerprint density at radius 1 is 1.18 bits per heavy atom. The minimum atomic E-state index is -0.192. The maximum absolute atomic E-state index is 13.1. The van der Waals surface area contributed by atoms with Crippen LogP contribution in [0.5, 0.6) is 0 Å². The van der Waals surface area contributed by atoms with Gasteiger partial charge in [0, 0.05) is 6.54 Å². The molecule has 4 rings (SSSR count). The lowest BCUT2D eigenvalue weighted by Gasteiger charge is -2.13. The van der Waals surface area contributed by atoms with Crippen LogP contribution in [0.3, 0.4) is 0 Å². The predicted molar refractivity (Wildman–Crippen MR) is 134 cm³/mol. The number of aromatic nitrogens is 4. The molecule has 9 heteroatoms. The van der Waals surface area contributed by atoms with Gasteiger partial charge in [-0.05, 0) is 55.5 Å². The van der Waals surface area contributed by atoms with Crippen molar-refractivity contribution in [2.75, 3.05) is 11.1 Å². The molecule has 0 saturated carbocycles. The molecule has 0 unspecified atom stereocenters. The molecule has 2 heterocycles. The summed E-state index contributed by atoms with van der Waals surface area (Å²) < 4.78 is 3.54. The number of carbonyl (C=O) groups is 1. The number of thioether (sulfide) groups is 1. The van der Waals surface area contributed by atoms with Gasteiger partial charge in [0.15, 0.2) is 5.16 Å². The van der Waals surface area contributed by atoms with E-state index in [-0.39, 0.29) is 17.2 Å². The van der Waals surface area contributed by atoms with Crippen molar-refractivity contribution in [1.82, 2.24) is 19.2 Å². The van der Waals surface area contributed by atoms with Gasteiger partial charge in [0.25, 0.3) is 5.56 Å². The second kappa shape index (κ2) is 9.57. The summed E-state index contributed by atoms with van der Waals surface area (Å²) in [6, 6.07) is 11.2. The number of halogens is 1. The van der Waals surface area contributed by atoms with Crippen LogP contribution in [0.2, 0.25) is 5.02 Å². The Kier molecular flexibility index (Phi) is 6.76. The Bertz CT molecular complexity index is 1390. The summed E-state index contributed by atoms with van der Waals surface area (Å²) >= 11 is 7.60. The van der Waals surface area contributed by atoms with Crippen LogP contribution in [0.1, 0.15) is 31.4 Å². The molecule has 0 atom stereocenters. The molecule has 0 fully saturated rings. The molecule has 33 heavy (non-hydrogen) atoms. The van der Waals surface area contributed by atoms with E-state index < -0.39 is 0 Å². The van der Waals surface area contributed by atoms with Crippen molar-refractivity contribution in [3.05, 3.63) is 62.9 Å². The van der Waals surface area contributed by atoms with Gasteiger partial charge in [-0.1, -0.05) is 55.4 Å². The molecule has 0 spiro atoms. The summed E-state index contributed by atoms with van der Waals surface area (Å²) in [7, 11) is 0.